The first kappa shape index (κ1) is 34.0. The Balaban J connectivity index is 2.15. The van der Waals surface area contributed by atoms with Crippen LogP contribution in [-0.4, -0.2) is 37.7 Å². The van der Waals surface area contributed by atoms with Gasteiger partial charge in [0.15, 0.2) is 23.7 Å². The Hall–Kier alpha value is -3.54. The number of carboxylic acids is 1. The van der Waals surface area contributed by atoms with E-state index in [1.807, 2.05) is 24.3 Å². The zero-order chi connectivity index (χ0) is 32.7. The highest BCUT2D eigenvalue weighted by molar-refractivity contribution is 5.79. The van der Waals surface area contributed by atoms with Crippen LogP contribution in [0.5, 0.6) is 0 Å². The van der Waals surface area contributed by atoms with E-state index in [0.29, 0.717) is 11.5 Å². The van der Waals surface area contributed by atoms with Crippen LogP contribution in [0.2, 0.25) is 0 Å². The molecule has 0 aliphatic heterocycles. The number of benzene rings is 1. The van der Waals surface area contributed by atoms with Crippen LogP contribution in [0.25, 0.3) is 11.4 Å². The maximum Gasteiger partial charge on any atom is 0.325 e. The summed E-state index contributed by atoms with van der Waals surface area (Å²) in [5.41, 5.74) is 1.15. The number of hydrogen-bond acceptors (Lipinski definition) is 7. The summed E-state index contributed by atoms with van der Waals surface area (Å²) in [7, 11) is 0. The molecule has 4 unspecified atom stereocenters. The van der Waals surface area contributed by atoms with Gasteiger partial charge in [0.05, 0.1) is 12.0 Å². The molecule has 1 saturated carbocycles. The normalized spacial score (nSPS) is 22.7. The highest BCUT2D eigenvalue weighted by Gasteiger charge is 2.51. The lowest BCUT2D eigenvalue weighted by atomic mass is 9.55. The van der Waals surface area contributed by atoms with Crippen molar-refractivity contribution in [3.63, 3.8) is 0 Å². The van der Waals surface area contributed by atoms with E-state index in [4.69, 9.17) is 4.74 Å². The van der Waals surface area contributed by atoms with Crippen molar-refractivity contribution < 1.29 is 24.2 Å². The summed E-state index contributed by atoms with van der Waals surface area (Å²) in [4.78, 5) is 43.9. The van der Waals surface area contributed by atoms with Gasteiger partial charge in [-0.1, -0.05) is 93.5 Å². The number of hydrogen-bond donors (Lipinski definition) is 1. The second-order valence-electron chi connectivity index (χ2n) is 15.4. The molecular weight excluding hydrogens is 544 g/mol. The fraction of sp³-hybridized carbons (Fsp3) is 0.647. The molecule has 9 nitrogen and oxygen atoms in total. The van der Waals surface area contributed by atoms with Gasteiger partial charge in [-0.05, 0) is 52.4 Å². The van der Waals surface area contributed by atoms with Gasteiger partial charge in [0.2, 0.25) is 5.91 Å². The van der Waals surface area contributed by atoms with Gasteiger partial charge >= 0.3 is 11.9 Å². The van der Waals surface area contributed by atoms with Crippen LogP contribution in [0.4, 0.5) is 0 Å². The molecule has 1 aromatic heterocycles. The molecule has 4 atom stereocenters. The van der Waals surface area contributed by atoms with Crippen LogP contribution < -0.4 is 0 Å². The molecule has 0 saturated heterocycles. The van der Waals surface area contributed by atoms with Crippen LogP contribution in [0, 0.1) is 51.8 Å². The Labute approximate surface area is 256 Å². The minimum Gasteiger partial charge on any atom is -0.480 e. The number of aromatic nitrogens is 3. The van der Waals surface area contributed by atoms with E-state index < -0.39 is 35.8 Å². The minimum absolute atomic E-state index is 0.0402. The molecule has 3 rings (SSSR count). The Morgan fingerprint density at radius 2 is 1.49 bits per heavy atom. The van der Waals surface area contributed by atoms with Crippen LogP contribution in [0.1, 0.15) is 111 Å². The van der Waals surface area contributed by atoms with Crippen molar-refractivity contribution in [1.29, 1.82) is 5.26 Å². The highest BCUT2D eigenvalue weighted by atomic mass is 16.5. The van der Waals surface area contributed by atoms with Gasteiger partial charge in [0.25, 0.3) is 0 Å². The second kappa shape index (κ2) is 12.2. The van der Waals surface area contributed by atoms with E-state index in [0.717, 1.165) is 23.1 Å². The quantitative estimate of drug-likeness (QED) is 0.352. The molecule has 1 aliphatic rings. The minimum atomic E-state index is -1.80. The average molecular weight is 593 g/mol. The van der Waals surface area contributed by atoms with Gasteiger partial charge in [-0.15, -0.1) is 5.10 Å². The molecule has 1 N–H and O–H groups in total. The van der Waals surface area contributed by atoms with E-state index in [1.165, 1.54) is 6.92 Å². The van der Waals surface area contributed by atoms with E-state index in [1.54, 1.807) is 6.07 Å². The largest absolute Gasteiger partial charge is 0.480 e. The van der Waals surface area contributed by atoms with E-state index in [2.05, 4.69) is 79.3 Å². The Kier molecular flexibility index (Phi) is 9.65. The number of nitriles is 1. The lowest BCUT2D eigenvalue weighted by Crippen LogP contribution is -2.48. The van der Waals surface area contributed by atoms with Crippen molar-refractivity contribution in [1.82, 2.24) is 14.8 Å². The van der Waals surface area contributed by atoms with E-state index in [-0.39, 0.29) is 39.7 Å². The molecule has 0 amide bonds. The third kappa shape index (κ3) is 7.52. The SMILES string of the molecule is CC(=O)n1nc(-c2ccc(C(C)(C)C)cc2)nc1C(OC(=O)C1C(C(C)(C)C)CC(C)CC1C(C)(C)C)C(C#N)C(=O)O. The molecule has 0 radical (unpaired) electrons. The number of carbonyl (C=O) groups is 3. The lowest BCUT2D eigenvalue weighted by Gasteiger charge is -2.50. The molecule has 1 heterocycles. The molecule has 9 heteroatoms. The van der Waals surface area contributed by atoms with Gasteiger partial charge in [0, 0.05) is 12.5 Å². The first-order valence-corrected chi connectivity index (χ1v) is 15.1. The molecule has 1 fully saturated rings. The monoisotopic (exact) mass is 592 g/mol. The van der Waals surface area contributed by atoms with Crippen LogP contribution >= 0.6 is 0 Å². The summed E-state index contributed by atoms with van der Waals surface area (Å²) in [6, 6.07) is 9.31. The third-order valence-electron chi connectivity index (χ3n) is 8.82. The van der Waals surface area contributed by atoms with Crippen molar-refractivity contribution in [2.24, 2.45) is 40.4 Å². The summed E-state index contributed by atoms with van der Waals surface area (Å²) >= 11 is 0. The third-order valence-corrected chi connectivity index (χ3v) is 8.82. The zero-order valence-corrected chi connectivity index (χ0v) is 27.6. The number of carboxylic acid groups (broad SMARTS) is 1. The molecule has 1 aromatic carbocycles. The summed E-state index contributed by atoms with van der Waals surface area (Å²) < 4.78 is 7.01. The predicted octanol–water partition coefficient (Wildman–Crippen LogP) is 7.08. The number of rotatable bonds is 6. The number of nitrogens with zero attached hydrogens (tertiary/aromatic N) is 4. The standard InChI is InChI=1S/C34H48N4O5/c1-19-16-24(33(6,7)8)26(25(17-19)34(9,10)11)31(42)43-27(23(18-35)30(40)41)29-36-28(37-38(29)20(2)39)21-12-14-22(15-13-21)32(3,4)5/h12-15,19,23-27H,16-17H2,1-11H3,(H,40,41). The van der Waals surface area contributed by atoms with Gasteiger partial charge in [0.1, 0.15) is 0 Å². The van der Waals surface area contributed by atoms with Crippen molar-refractivity contribution in [2.45, 2.75) is 101 Å². The fourth-order valence-electron chi connectivity index (χ4n) is 6.36. The summed E-state index contributed by atoms with van der Waals surface area (Å²) in [6.07, 6.45) is -0.00608. The van der Waals surface area contributed by atoms with Crippen LogP contribution in [0.3, 0.4) is 0 Å². The van der Waals surface area contributed by atoms with Crippen LogP contribution in [0.15, 0.2) is 24.3 Å². The smallest absolute Gasteiger partial charge is 0.325 e. The lowest BCUT2D eigenvalue weighted by molar-refractivity contribution is -0.172. The Morgan fingerprint density at radius 3 is 1.88 bits per heavy atom. The second-order valence-corrected chi connectivity index (χ2v) is 15.4. The van der Waals surface area contributed by atoms with E-state index in [9.17, 15) is 24.8 Å². The molecule has 0 bridgehead atoms. The topological polar surface area (TPSA) is 135 Å². The summed E-state index contributed by atoms with van der Waals surface area (Å²) in [5.74, 6) is -4.64. The first-order chi connectivity index (χ1) is 19.7. The van der Waals surface area contributed by atoms with E-state index >= 15 is 0 Å². The van der Waals surface area contributed by atoms with Crippen LogP contribution in [-0.2, 0) is 19.7 Å². The molecule has 2 aromatic rings. The molecule has 1 aliphatic carbocycles. The zero-order valence-electron chi connectivity index (χ0n) is 27.6. The highest BCUT2D eigenvalue weighted by Crippen LogP contribution is 2.52. The summed E-state index contributed by atoms with van der Waals surface area (Å²) in [6.45, 7) is 22.4. The Bertz CT molecular complexity index is 1360. The molecular formula is C34H48N4O5. The maximum atomic E-state index is 14.3. The molecule has 234 valence electrons. The van der Waals surface area contributed by atoms with Crippen molar-refractivity contribution >= 4 is 17.8 Å². The number of esters is 1. The average Bonchev–Trinajstić information content (AvgIpc) is 3.32. The number of aliphatic carboxylic acids is 1. The summed E-state index contributed by atoms with van der Waals surface area (Å²) in [5, 5.41) is 24.3. The Morgan fingerprint density at radius 1 is 0.977 bits per heavy atom. The van der Waals surface area contributed by atoms with Crippen molar-refractivity contribution in [3.05, 3.63) is 35.7 Å². The number of ether oxygens (including phenoxy) is 1. The van der Waals surface area contributed by atoms with Crippen molar-refractivity contribution in [2.75, 3.05) is 0 Å². The van der Waals surface area contributed by atoms with Gasteiger partial charge in [-0.3, -0.25) is 14.4 Å². The van der Waals surface area contributed by atoms with Gasteiger partial charge < -0.3 is 9.84 Å². The molecule has 43 heavy (non-hydrogen) atoms. The fourth-order valence-corrected chi connectivity index (χ4v) is 6.36. The molecule has 0 spiro atoms. The first-order valence-electron chi connectivity index (χ1n) is 15.1. The number of carbonyl (C=O) groups excluding carboxylic acids is 2. The predicted molar refractivity (Wildman–Crippen MR) is 164 cm³/mol. The van der Waals surface area contributed by atoms with Crippen molar-refractivity contribution in [3.8, 4) is 17.5 Å². The van der Waals surface area contributed by atoms with Gasteiger partial charge in [-0.2, -0.15) is 9.94 Å². The maximum absolute atomic E-state index is 14.3. The van der Waals surface area contributed by atoms with Gasteiger partial charge in [-0.25, -0.2) is 4.98 Å².